The highest BCUT2D eigenvalue weighted by Gasteiger charge is 2.16. The normalized spacial score (nSPS) is 10.9. The molecule has 3 aromatic heterocycles. The molecule has 35 heavy (non-hydrogen) atoms. The molecular weight excluding hydrogens is 442 g/mol. The molecule has 1 N–H and O–H groups in total. The Kier molecular flexibility index (Phi) is 6.50. The zero-order chi connectivity index (χ0) is 24.0. The Morgan fingerprint density at radius 2 is 1.89 bits per heavy atom. The summed E-state index contributed by atoms with van der Waals surface area (Å²) in [6, 6.07) is 22.6. The Bertz CT molecular complexity index is 1450. The summed E-state index contributed by atoms with van der Waals surface area (Å²) < 4.78 is 16.4. The summed E-state index contributed by atoms with van der Waals surface area (Å²) in [5.74, 6) is 1.08. The third-order valence-corrected chi connectivity index (χ3v) is 5.47. The molecule has 7 nitrogen and oxygen atoms in total. The Balaban J connectivity index is 1.57. The van der Waals surface area contributed by atoms with E-state index in [1.807, 2.05) is 48.5 Å². The number of methoxy groups -OCH3 is 1. The Morgan fingerprint density at radius 1 is 0.971 bits per heavy atom. The van der Waals surface area contributed by atoms with Gasteiger partial charge in [0.2, 0.25) is 0 Å². The number of hydrogen-bond acceptors (Lipinski definition) is 6. The number of pyridine rings is 2. The predicted octanol–water partition coefficient (Wildman–Crippen LogP) is 5.83. The summed E-state index contributed by atoms with van der Waals surface area (Å²) in [4.78, 5) is 22.2. The number of nitrogens with zero attached hydrogens (tertiary/aromatic N) is 2. The van der Waals surface area contributed by atoms with Gasteiger partial charge < -0.3 is 19.2 Å². The van der Waals surface area contributed by atoms with Gasteiger partial charge in [-0.2, -0.15) is 0 Å². The summed E-state index contributed by atoms with van der Waals surface area (Å²) in [6.07, 6.45) is 4.85. The minimum Gasteiger partial charge on any atom is -0.491 e. The molecule has 0 unspecified atom stereocenters. The highest BCUT2D eigenvalue weighted by atomic mass is 16.5. The maximum atomic E-state index is 13.4. The highest BCUT2D eigenvalue weighted by molar-refractivity contribution is 6.13. The van der Waals surface area contributed by atoms with Crippen LogP contribution in [0, 0.1) is 0 Å². The average Bonchev–Trinajstić information content (AvgIpc) is 3.44. The molecule has 3 heterocycles. The van der Waals surface area contributed by atoms with Gasteiger partial charge in [-0.05, 0) is 65.7 Å². The number of amides is 1. The fraction of sp³-hybridized carbons (Fsp3) is 0.107. The van der Waals surface area contributed by atoms with Crippen LogP contribution in [-0.2, 0) is 4.74 Å². The summed E-state index contributed by atoms with van der Waals surface area (Å²) in [5.41, 5.74) is 4.28. The maximum Gasteiger partial charge on any atom is 0.256 e. The number of fused-ring (bicyclic) bond motifs is 1. The lowest BCUT2D eigenvalue weighted by Crippen LogP contribution is -2.13. The first kappa shape index (κ1) is 22.3. The van der Waals surface area contributed by atoms with Crippen LogP contribution in [0.5, 0.6) is 5.75 Å². The zero-order valence-corrected chi connectivity index (χ0v) is 19.1. The van der Waals surface area contributed by atoms with Gasteiger partial charge in [0.05, 0.1) is 35.8 Å². The van der Waals surface area contributed by atoms with Crippen LogP contribution in [0.3, 0.4) is 0 Å². The van der Waals surface area contributed by atoms with Crippen molar-refractivity contribution in [3.05, 3.63) is 97.0 Å². The van der Waals surface area contributed by atoms with Gasteiger partial charge in [0.15, 0.2) is 5.76 Å². The van der Waals surface area contributed by atoms with Crippen molar-refractivity contribution in [2.45, 2.75) is 0 Å². The molecule has 2 aromatic carbocycles. The van der Waals surface area contributed by atoms with Crippen LogP contribution in [0.2, 0.25) is 0 Å². The van der Waals surface area contributed by atoms with Crippen LogP contribution < -0.4 is 10.1 Å². The summed E-state index contributed by atoms with van der Waals surface area (Å²) >= 11 is 0. The standard InChI is InChI=1S/C28H23N3O4/c1-33-13-14-34-22-7-2-5-19(15-22)20-9-10-25-23(16-20)24(17-26(31-25)27-8-4-12-35-27)28(32)30-21-6-3-11-29-18-21/h2-12,15-18H,13-14H2,1H3,(H,30,32). The summed E-state index contributed by atoms with van der Waals surface area (Å²) in [6.45, 7) is 0.981. The molecule has 5 rings (SSSR count). The van der Waals surface area contributed by atoms with Crippen molar-refractivity contribution in [2.24, 2.45) is 0 Å². The Hall–Kier alpha value is -4.49. The third kappa shape index (κ3) is 5.05. The lowest BCUT2D eigenvalue weighted by molar-refractivity contribution is 0.102. The average molecular weight is 466 g/mol. The van der Waals surface area contributed by atoms with E-state index >= 15 is 0 Å². The molecule has 174 valence electrons. The van der Waals surface area contributed by atoms with E-state index in [9.17, 15) is 4.79 Å². The van der Waals surface area contributed by atoms with Crippen LogP contribution in [-0.4, -0.2) is 36.2 Å². The molecule has 0 radical (unpaired) electrons. The van der Waals surface area contributed by atoms with E-state index in [1.54, 1.807) is 50.0 Å². The van der Waals surface area contributed by atoms with Crippen LogP contribution in [0.15, 0.2) is 95.9 Å². The van der Waals surface area contributed by atoms with E-state index in [0.29, 0.717) is 41.4 Å². The summed E-state index contributed by atoms with van der Waals surface area (Å²) in [7, 11) is 1.64. The predicted molar refractivity (Wildman–Crippen MR) is 134 cm³/mol. The molecule has 0 bridgehead atoms. The number of furan rings is 1. The van der Waals surface area contributed by atoms with Crippen molar-refractivity contribution < 1.29 is 18.7 Å². The number of hydrogen-bond donors (Lipinski definition) is 1. The van der Waals surface area contributed by atoms with Gasteiger partial charge in [-0.25, -0.2) is 4.98 Å². The maximum absolute atomic E-state index is 13.4. The number of carbonyl (C=O) groups excluding carboxylic acids is 1. The van der Waals surface area contributed by atoms with Gasteiger partial charge in [0.1, 0.15) is 18.1 Å². The van der Waals surface area contributed by atoms with Crippen molar-refractivity contribution >= 4 is 22.5 Å². The van der Waals surface area contributed by atoms with E-state index in [4.69, 9.17) is 18.9 Å². The molecule has 0 saturated carbocycles. The van der Waals surface area contributed by atoms with E-state index in [-0.39, 0.29) is 5.91 Å². The molecule has 0 atom stereocenters. The van der Waals surface area contributed by atoms with Crippen molar-refractivity contribution in [1.29, 1.82) is 0 Å². The zero-order valence-electron chi connectivity index (χ0n) is 19.1. The van der Waals surface area contributed by atoms with Gasteiger partial charge in [-0.1, -0.05) is 18.2 Å². The number of benzene rings is 2. The van der Waals surface area contributed by atoms with Gasteiger partial charge in [-0.15, -0.1) is 0 Å². The quantitative estimate of drug-likeness (QED) is 0.290. The molecule has 0 aliphatic heterocycles. The molecular formula is C28H23N3O4. The summed E-state index contributed by atoms with van der Waals surface area (Å²) in [5, 5.41) is 3.65. The van der Waals surface area contributed by atoms with Crippen LogP contribution in [0.1, 0.15) is 10.4 Å². The van der Waals surface area contributed by atoms with Gasteiger partial charge in [0, 0.05) is 18.7 Å². The first-order chi connectivity index (χ1) is 17.2. The van der Waals surface area contributed by atoms with Crippen molar-refractivity contribution in [2.75, 3.05) is 25.6 Å². The topological polar surface area (TPSA) is 86.5 Å². The largest absolute Gasteiger partial charge is 0.491 e. The second-order valence-electron chi connectivity index (χ2n) is 7.83. The van der Waals surface area contributed by atoms with Crippen molar-refractivity contribution in [3.63, 3.8) is 0 Å². The monoisotopic (exact) mass is 465 g/mol. The fourth-order valence-corrected chi connectivity index (χ4v) is 3.79. The molecule has 5 aromatic rings. The second-order valence-corrected chi connectivity index (χ2v) is 7.83. The van der Waals surface area contributed by atoms with Crippen LogP contribution >= 0.6 is 0 Å². The number of nitrogens with one attached hydrogen (secondary N) is 1. The molecule has 1 amide bonds. The lowest BCUT2D eigenvalue weighted by atomic mass is 9.99. The number of rotatable bonds is 8. The number of anilines is 1. The van der Waals surface area contributed by atoms with Gasteiger partial charge >= 0.3 is 0 Å². The smallest absolute Gasteiger partial charge is 0.256 e. The first-order valence-corrected chi connectivity index (χ1v) is 11.1. The van der Waals surface area contributed by atoms with E-state index in [2.05, 4.69) is 10.3 Å². The van der Waals surface area contributed by atoms with Crippen molar-refractivity contribution in [1.82, 2.24) is 9.97 Å². The molecule has 0 saturated heterocycles. The highest BCUT2D eigenvalue weighted by Crippen LogP contribution is 2.31. The number of carbonyl (C=O) groups is 1. The third-order valence-electron chi connectivity index (χ3n) is 5.47. The van der Waals surface area contributed by atoms with E-state index in [1.165, 1.54) is 0 Å². The minimum absolute atomic E-state index is 0.257. The van der Waals surface area contributed by atoms with Gasteiger partial charge in [0.25, 0.3) is 5.91 Å². The molecule has 0 aliphatic rings. The Morgan fingerprint density at radius 3 is 2.69 bits per heavy atom. The van der Waals surface area contributed by atoms with Gasteiger partial charge in [-0.3, -0.25) is 9.78 Å². The van der Waals surface area contributed by atoms with E-state index in [0.717, 1.165) is 22.3 Å². The van der Waals surface area contributed by atoms with Crippen LogP contribution in [0.4, 0.5) is 5.69 Å². The SMILES string of the molecule is COCCOc1cccc(-c2ccc3nc(-c4ccco4)cc(C(=O)Nc4cccnc4)c3c2)c1. The van der Waals surface area contributed by atoms with E-state index < -0.39 is 0 Å². The lowest BCUT2D eigenvalue weighted by Gasteiger charge is -2.12. The minimum atomic E-state index is -0.257. The second kappa shape index (κ2) is 10.2. The number of aromatic nitrogens is 2. The Labute approximate surface area is 202 Å². The molecule has 0 aliphatic carbocycles. The number of ether oxygens (including phenoxy) is 2. The first-order valence-electron chi connectivity index (χ1n) is 11.1. The molecule has 7 heteroatoms. The molecule has 0 spiro atoms. The van der Waals surface area contributed by atoms with Crippen LogP contribution in [0.25, 0.3) is 33.5 Å². The fourth-order valence-electron chi connectivity index (χ4n) is 3.79. The van der Waals surface area contributed by atoms with Crippen molar-refractivity contribution in [3.8, 4) is 28.3 Å². The molecule has 0 fully saturated rings.